The summed E-state index contributed by atoms with van der Waals surface area (Å²) in [7, 11) is 0. The molecule has 0 fully saturated rings. The van der Waals surface area contributed by atoms with Gasteiger partial charge in [-0.15, -0.1) is 0 Å². The minimum atomic E-state index is -5.11. The average molecular weight is 208 g/mol. The van der Waals surface area contributed by atoms with Crippen LogP contribution in [0.25, 0.3) is 0 Å². The number of hydrogen-bond donors (Lipinski definition) is 2. The molecule has 0 bridgehead atoms. The van der Waals surface area contributed by atoms with E-state index < -0.39 is 20.5 Å². The summed E-state index contributed by atoms with van der Waals surface area (Å²) in [6.45, 7) is 0.931. The van der Waals surface area contributed by atoms with Gasteiger partial charge in [-0.2, -0.15) is 0 Å². The molecule has 0 spiro atoms. The Morgan fingerprint density at radius 1 is 1.56 bits per heavy atom. The van der Waals surface area contributed by atoms with Crippen LogP contribution < -0.4 is 0 Å². The third kappa shape index (κ3) is 12.1. The summed E-state index contributed by atoms with van der Waals surface area (Å²) in [4.78, 5) is 9.76. The van der Waals surface area contributed by atoms with Crippen molar-refractivity contribution in [2.45, 2.75) is 6.92 Å². The van der Waals surface area contributed by atoms with Gasteiger partial charge >= 0.3 is 77.4 Å². The van der Waals surface area contributed by atoms with Gasteiger partial charge in [0.25, 0.3) is 0 Å². The Bertz CT molecular complexity index is 138. The van der Waals surface area contributed by atoms with E-state index in [1.165, 1.54) is 0 Å². The van der Waals surface area contributed by atoms with Gasteiger partial charge in [0.15, 0.2) is 0 Å². The van der Waals surface area contributed by atoms with Crippen LogP contribution in [0.15, 0.2) is 0 Å². The number of hydrogen-bond acceptors (Lipinski definition) is 3. The van der Waals surface area contributed by atoms with Crippen LogP contribution >= 0.6 is 0 Å². The fourth-order valence-corrected chi connectivity index (χ4v) is 0.870. The SMILES string of the molecule is CC(=O)O[As](=O)(O)O.[NaH]. The van der Waals surface area contributed by atoms with Crippen molar-refractivity contribution in [1.29, 1.82) is 0 Å². The second-order valence-electron chi connectivity index (χ2n) is 1.07. The molecule has 0 unspecified atom stereocenters. The van der Waals surface area contributed by atoms with Gasteiger partial charge in [-0.05, 0) is 0 Å². The van der Waals surface area contributed by atoms with Crippen LogP contribution in [-0.4, -0.2) is 58.2 Å². The monoisotopic (exact) mass is 208 g/mol. The molecule has 2 N–H and O–H groups in total. The first-order valence-corrected chi connectivity index (χ1v) is 4.88. The predicted molar refractivity (Wildman–Crippen MR) is 29.8 cm³/mol. The van der Waals surface area contributed by atoms with Crippen molar-refractivity contribution >= 4 is 50.0 Å². The molecule has 0 atom stereocenters. The zero-order chi connectivity index (χ0) is 6.78. The zero-order valence-electron chi connectivity index (χ0n) is 4.07. The minimum absolute atomic E-state index is 0. The van der Waals surface area contributed by atoms with Crippen LogP contribution in [0.4, 0.5) is 0 Å². The van der Waals surface area contributed by atoms with E-state index in [-0.39, 0.29) is 29.6 Å². The van der Waals surface area contributed by atoms with E-state index >= 15 is 0 Å². The molecule has 0 heterocycles. The molecule has 0 aromatic rings. The summed E-state index contributed by atoms with van der Waals surface area (Å²) in [6, 6.07) is 0. The first-order chi connectivity index (χ1) is 3.42. The third-order valence-electron chi connectivity index (χ3n) is 0.247. The van der Waals surface area contributed by atoms with E-state index in [9.17, 15) is 8.53 Å². The number of rotatable bonds is 1. The van der Waals surface area contributed by atoms with Crippen molar-refractivity contribution in [2.24, 2.45) is 0 Å². The molecule has 0 saturated carbocycles. The Hall–Kier alpha value is 0.748. The fourth-order valence-electron chi connectivity index (χ4n) is 0.167. The van der Waals surface area contributed by atoms with Gasteiger partial charge < -0.3 is 0 Å². The van der Waals surface area contributed by atoms with Gasteiger partial charge in [0.2, 0.25) is 0 Å². The number of carbonyl (C=O) groups is 1. The molecule has 0 amide bonds. The molecule has 0 aliphatic heterocycles. The van der Waals surface area contributed by atoms with Crippen LogP contribution in [0.5, 0.6) is 0 Å². The van der Waals surface area contributed by atoms with Gasteiger partial charge in [-0.3, -0.25) is 0 Å². The molecular formula is C2H6AsNaO5. The third-order valence-corrected chi connectivity index (χ3v) is 1.29. The van der Waals surface area contributed by atoms with Gasteiger partial charge in [-0.25, -0.2) is 0 Å². The van der Waals surface area contributed by atoms with E-state index in [0.717, 1.165) is 6.92 Å². The first kappa shape index (κ1) is 12.4. The van der Waals surface area contributed by atoms with Crippen molar-refractivity contribution in [3.05, 3.63) is 0 Å². The summed E-state index contributed by atoms with van der Waals surface area (Å²) < 4.78 is 29.1. The molecule has 5 nitrogen and oxygen atoms in total. The summed E-state index contributed by atoms with van der Waals surface area (Å²) in [5, 5.41) is 0. The van der Waals surface area contributed by atoms with Crippen LogP contribution in [0.2, 0.25) is 0 Å². The Labute approximate surface area is 77.0 Å². The van der Waals surface area contributed by atoms with Crippen molar-refractivity contribution < 1.29 is 20.5 Å². The van der Waals surface area contributed by atoms with E-state index in [0.29, 0.717) is 0 Å². The predicted octanol–water partition coefficient (Wildman–Crippen LogP) is -2.25. The first-order valence-electron chi connectivity index (χ1n) is 1.67. The van der Waals surface area contributed by atoms with Crippen molar-refractivity contribution in [1.82, 2.24) is 0 Å². The van der Waals surface area contributed by atoms with E-state index in [2.05, 4.69) is 3.73 Å². The summed E-state index contributed by atoms with van der Waals surface area (Å²) in [6.07, 6.45) is 0. The molecular weight excluding hydrogens is 202 g/mol. The van der Waals surface area contributed by atoms with Crippen molar-refractivity contribution in [2.75, 3.05) is 0 Å². The van der Waals surface area contributed by atoms with Crippen LogP contribution in [0, 0.1) is 0 Å². The molecule has 0 rings (SSSR count). The molecule has 0 radical (unpaired) electrons. The molecule has 50 valence electrons. The van der Waals surface area contributed by atoms with Crippen LogP contribution in [-0.2, 0) is 12.3 Å². The second-order valence-corrected chi connectivity index (χ2v) is 3.52. The summed E-state index contributed by atoms with van der Waals surface area (Å²) >= 11 is -5.11. The normalized spacial score (nSPS) is 9.67. The van der Waals surface area contributed by atoms with Crippen LogP contribution in [0.1, 0.15) is 6.92 Å². The topological polar surface area (TPSA) is 83.8 Å². The molecule has 0 aliphatic rings. The van der Waals surface area contributed by atoms with Gasteiger partial charge in [0.05, 0.1) is 0 Å². The van der Waals surface area contributed by atoms with Gasteiger partial charge in [0, 0.05) is 0 Å². The molecule has 0 aromatic heterocycles. The van der Waals surface area contributed by atoms with Crippen molar-refractivity contribution in [3.8, 4) is 0 Å². The van der Waals surface area contributed by atoms with E-state index in [1.54, 1.807) is 0 Å². The van der Waals surface area contributed by atoms with E-state index in [4.69, 9.17) is 8.19 Å². The zero-order valence-corrected chi connectivity index (χ0v) is 5.94. The summed E-state index contributed by atoms with van der Waals surface area (Å²) in [5.74, 6) is -0.961. The quantitative estimate of drug-likeness (QED) is 0.475. The maximum absolute atomic E-state index is 9.76. The van der Waals surface area contributed by atoms with Gasteiger partial charge in [-0.1, -0.05) is 0 Å². The molecule has 0 aromatic carbocycles. The van der Waals surface area contributed by atoms with E-state index in [1.807, 2.05) is 0 Å². The Kier molecular flexibility index (Phi) is 6.28. The molecule has 7 heteroatoms. The van der Waals surface area contributed by atoms with Gasteiger partial charge in [0.1, 0.15) is 0 Å². The standard InChI is InChI=1S/C2H5AsO5.Na.H/c1-2(4)8-3(5,6)7;;/h1H3,(H2,5,6,7);;. The molecule has 0 saturated heterocycles. The number of carbonyl (C=O) groups excluding carboxylic acids is 1. The maximum atomic E-state index is 9.76. The Balaban J connectivity index is 0. The molecule has 0 aliphatic carbocycles. The van der Waals surface area contributed by atoms with Crippen molar-refractivity contribution in [3.63, 3.8) is 0 Å². The average Bonchev–Trinajstić information content (AvgIpc) is 1.21. The Morgan fingerprint density at radius 2 is 1.89 bits per heavy atom. The Morgan fingerprint density at radius 3 is 1.89 bits per heavy atom. The molecule has 9 heavy (non-hydrogen) atoms. The summed E-state index contributed by atoms with van der Waals surface area (Å²) in [5.41, 5.74) is 0. The van der Waals surface area contributed by atoms with Crippen LogP contribution in [0.3, 0.4) is 0 Å². The second kappa shape index (κ2) is 4.55. The fraction of sp³-hybridized carbons (Fsp3) is 0.500.